The van der Waals surface area contributed by atoms with Crippen LogP contribution >= 0.6 is 23.2 Å². The molecule has 1 fully saturated rings. The molecule has 1 aliphatic rings. The number of benzene rings is 1. The van der Waals surface area contributed by atoms with Crippen molar-refractivity contribution in [2.75, 3.05) is 13.1 Å². The molecule has 4 nitrogen and oxygen atoms in total. The zero-order chi connectivity index (χ0) is 25.7. The van der Waals surface area contributed by atoms with E-state index in [2.05, 4.69) is 18.8 Å². The van der Waals surface area contributed by atoms with E-state index < -0.39 is 11.7 Å². The van der Waals surface area contributed by atoms with E-state index in [-0.39, 0.29) is 17.4 Å². The fraction of sp³-hybridized carbons (Fsp3) is 0.462. The van der Waals surface area contributed by atoms with Crippen LogP contribution in [0.1, 0.15) is 65.1 Å². The van der Waals surface area contributed by atoms with E-state index in [1.807, 2.05) is 4.90 Å². The number of aryl methyl sites for hydroxylation is 2. The predicted molar refractivity (Wildman–Crippen MR) is 132 cm³/mol. The molecule has 0 atom stereocenters. The average molecular weight is 526 g/mol. The third kappa shape index (κ3) is 5.03. The van der Waals surface area contributed by atoms with Crippen LogP contribution in [0, 0.1) is 25.7 Å². The summed E-state index contributed by atoms with van der Waals surface area (Å²) in [5.74, 6) is 1.06. The van der Waals surface area contributed by atoms with Crippen molar-refractivity contribution in [2.45, 2.75) is 53.1 Å². The van der Waals surface area contributed by atoms with Crippen molar-refractivity contribution < 1.29 is 18.0 Å². The Morgan fingerprint density at radius 1 is 1.17 bits per heavy atom. The number of halogens is 5. The summed E-state index contributed by atoms with van der Waals surface area (Å²) >= 11 is 13.2. The van der Waals surface area contributed by atoms with Crippen molar-refractivity contribution in [2.24, 2.45) is 11.8 Å². The average Bonchev–Trinajstić information content (AvgIpc) is 3.11. The van der Waals surface area contributed by atoms with Gasteiger partial charge in [-0.05, 0) is 67.9 Å². The third-order valence-corrected chi connectivity index (χ3v) is 7.88. The van der Waals surface area contributed by atoms with Gasteiger partial charge >= 0.3 is 6.18 Å². The monoisotopic (exact) mass is 525 g/mol. The molecular formula is C26H28Cl2F3N3O. The number of piperidine rings is 1. The van der Waals surface area contributed by atoms with Gasteiger partial charge in [0.25, 0.3) is 5.91 Å². The minimum atomic E-state index is -4.46. The predicted octanol–water partition coefficient (Wildman–Crippen LogP) is 7.38. The maximum Gasteiger partial charge on any atom is 0.417 e. The minimum Gasteiger partial charge on any atom is -0.339 e. The first-order valence-electron chi connectivity index (χ1n) is 11.7. The minimum absolute atomic E-state index is 0.132. The van der Waals surface area contributed by atoms with Crippen LogP contribution in [0.2, 0.25) is 10.0 Å². The van der Waals surface area contributed by atoms with E-state index in [9.17, 15) is 18.0 Å². The number of aromatic nitrogens is 2. The Hall–Kier alpha value is -2.25. The normalized spacial score (nSPS) is 15.4. The zero-order valence-corrected chi connectivity index (χ0v) is 21.7. The van der Waals surface area contributed by atoms with E-state index in [0.29, 0.717) is 63.7 Å². The van der Waals surface area contributed by atoms with Crippen LogP contribution in [0.25, 0.3) is 5.65 Å². The Bertz CT molecular complexity index is 1280. The molecule has 1 amide bonds. The zero-order valence-electron chi connectivity index (χ0n) is 20.1. The van der Waals surface area contributed by atoms with Crippen LogP contribution in [-0.4, -0.2) is 33.3 Å². The maximum atomic E-state index is 13.3. The molecule has 0 radical (unpaired) electrons. The lowest BCUT2D eigenvalue weighted by molar-refractivity contribution is -0.137. The van der Waals surface area contributed by atoms with E-state index in [1.165, 1.54) is 4.40 Å². The quantitative estimate of drug-likeness (QED) is 0.356. The van der Waals surface area contributed by atoms with Crippen molar-refractivity contribution >= 4 is 34.8 Å². The van der Waals surface area contributed by atoms with Crippen molar-refractivity contribution in [1.29, 1.82) is 0 Å². The van der Waals surface area contributed by atoms with Gasteiger partial charge < -0.3 is 9.30 Å². The number of imidazole rings is 1. The molecule has 1 aromatic carbocycles. The molecule has 35 heavy (non-hydrogen) atoms. The number of fused-ring (bicyclic) bond motifs is 1. The molecule has 0 bridgehead atoms. The fourth-order valence-electron chi connectivity index (χ4n) is 4.83. The van der Waals surface area contributed by atoms with Gasteiger partial charge in [-0.1, -0.05) is 37.0 Å². The highest BCUT2D eigenvalue weighted by molar-refractivity contribution is 6.38. The van der Waals surface area contributed by atoms with Gasteiger partial charge in [-0.3, -0.25) is 4.79 Å². The highest BCUT2D eigenvalue weighted by Gasteiger charge is 2.32. The van der Waals surface area contributed by atoms with Gasteiger partial charge in [-0.25, -0.2) is 4.98 Å². The third-order valence-electron chi connectivity index (χ3n) is 7.10. The lowest BCUT2D eigenvalue weighted by Crippen LogP contribution is -2.39. The summed E-state index contributed by atoms with van der Waals surface area (Å²) in [6.45, 7) is 9.09. The Labute approximate surface area is 213 Å². The topological polar surface area (TPSA) is 37.6 Å². The van der Waals surface area contributed by atoms with Crippen molar-refractivity contribution in [1.82, 2.24) is 14.3 Å². The summed E-state index contributed by atoms with van der Waals surface area (Å²) < 4.78 is 41.4. The number of hydrogen-bond acceptors (Lipinski definition) is 2. The number of alkyl halides is 3. The van der Waals surface area contributed by atoms with Crippen LogP contribution in [0.15, 0.2) is 24.4 Å². The first-order valence-corrected chi connectivity index (χ1v) is 12.5. The smallest absolute Gasteiger partial charge is 0.339 e. The lowest BCUT2D eigenvalue weighted by atomic mass is 9.86. The number of pyridine rings is 1. The molecule has 9 heteroatoms. The molecule has 4 rings (SSSR count). The summed E-state index contributed by atoms with van der Waals surface area (Å²) in [6, 6.07) is 4.38. The van der Waals surface area contributed by atoms with Crippen LogP contribution in [0.3, 0.4) is 0 Å². The summed E-state index contributed by atoms with van der Waals surface area (Å²) in [5.41, 5.74) is 2.16. The maximum absolute atomic E-state index is 13.3. The highest BCUT2D eigenvalue weighted by atomic mass is 35.5. The summed E-state index contributed by atoms with van der Waals surface area (Å²) in [6.07, 6.45) is -1.29. The Morgan fingerprint density at radius 3 is 2.43 bits per heavy atom. The summed E-state index contributed by atoms with van der Waals surface area (Å²) in [5, 5.41) is 0.645. The molecule has 1 saturated heterocycles. The first kappa shape index (κ1) is 25.8. The van der Waals surface area contributed by atoms with Gasteiger partial charge in [0.2, 0.25) is 0 Å². The second-order valence-corrected chi connectivity index (χ2v) is 10.5. The van der Waals surface area contributed by atoms with Gasteiger partial charge in [0.05, 0.1) is 21.8 Å². The van der Waals surface area contributed by atoms with Crippen LogP contribution in [0.5, 0.6) is 0 Å². The number of likely N-dealkylation sites (tertiary alicyclic amines) is 1. The second-order valence-electron chi connectivity index (χ2n) is 9.68. The van der Waals surface area contributed by atoms with E-state index >= 15 is 0 Å². The molecule has 2 aromatic heterocycles. The van der Waals surface area contributed by atoms with E-state index in [4.69, 9.17) is 23.2 Å². The fourth-order valence-corrected chi connectivity index (χ4v) is 5.41. The Balaban J connectivity index is 1.65. The number of carbonyl (C=O) groups excluding carboxylic acids is 1. The Kier molecular flexibility index (Phi) is 7.13. The van der Waals surface area contributed by atoms with Gasteiger partial charge in [-0.15, -0.1) is 0 Å². The van der Waals surface area contributed by atoms with Crippen molar-refractivity contribution in [3.05, 3.63) is 68.1 Å². The molecule has 0 saturated carbocycles. The standard InChI is InChI=1S/C26H28Cl2F3N3O/c1-14(2)17-7-9-33(10-8-17)25(35)19-5-6-21(27)20(23(19)28)12-22-16(4)34-13-18(26(29,30)31)11-15(3)24(34)32-22/h5-6,11,13-14,17H,7-10,12H2,1-4H3. The molecular weight excluding hydrogens is 498 g/mol. The van der Waals surface area contributed by atoms with Gasteiger partial charge in [0.15, 0.2) is 0 Å². The summed E-state index contributed by atoms with van der Waals surface area (Å²) in [4.78, 5) is 19.7. The van der Waals surface area contributed by atoms with Gasteiger partial charge in [0.1, 0.15) is 5.65 Å². The Morgan fingerprint density at radius 2 is 1.83 bits per heavy atom. The van der Waals surface area contributed by atoms with Crippen LogP contribution in [-0.2, 0) is 12.6 Å². The van der Waals surface area contributed by atoms with E-state index in [1.54, 1.807) is 26.0 Å². The SMILES string of the molecule is Cc1cc(C(F)(F)F)cn2c(C)c(Cc3c(Cl)ccc(C(=O)N4CCC(C(C)C)CC4)c3Cl)nc12. The second kappa shape index (κ2) is 9.66. The number of amides is 1. The molecule has 0 aliphatic carbocycles. The molecule has 3 heterocycles. The highest BCUT2D eigenvalue weighted by Crippen LogP contribution is 2.35. The number of rotatable bonds is 4. The van der Waals surface area contributed by atoms with E-state index in [0.717, 1.165) is 25.1 Å². The molecule has 3 aromatic rings. The molecule has 188 valence electrons. The lowest BCUT2D eigenvalue weighted by Gasteiger charge is -2.34. The number of nitrogens with zero attached hydrogens (tertiary/aromatic N) is 3. The van der Waals surface area contributed by atoms with Crippen LogP contribution in [0.4, 0.5) is 13.2 Å². The summed E-state index contributed by atoms with van der Waals surface area (Å²) in [7, 11) is 0. The number of hydrogen-bond donors (Lipinski definition) is 0. The van der Waals surface area contributed by atoms with Gasteiger partial charge in [0, 0.05) is 36.4 Å². The number of carbonyl (C=O) groups is 1. The molecule has 0 unspecified atom stereocenters. The molecule has 0 spiro atoms. The van der Waals surface area contributed by atoms with Gasteiger partial charge in [-0.2, -0.15) is 13.2 Å². The van der Waals surface area contributed by atoms with Crippen molar-refractivity contribution in [3.8, 4) is 0 Å². The van der Waals surface area contributed by atoms with Crippen molar-refractivity contribution in [3.63, 3.8) is 0 Å². The largest absolute Gasteiger partial charge is 0.417 e. The molecule has 1 aliphatic heterocycles. The van der Waals surface area contributed by atoms with Crippen LogP contribution < -0.4 is 0 Å². The first-order chi connectivity index (χ1) is 16.4. The molecule has 0 N–H and O–H groups in total.